The summed E-state index contributed by atoms with van der Waals surface area (Å²) in [6.45, 7) is 2.23. The molecular formula is C35H40Cl2N2O5. The summed E-state index contributed by atoms with van der Waals surface area (Å²) in [5.74, 6) is -1.19. The smallest absolute Gasteiger partial charge is 0.343 e. The zero-order chi connectivity index (χ0) is 31.6. The molecule has 0 saturated carbocycles. The van der Waals surface area contributed by atoms with Crippen molar-refractivity contribution in [2.75, 3.05) is 0 Å². The van der Waals surface area contributed by atoms with Gasteiger partial charge in [0.05, 0.1) is 17.3 Å². The molecule has 234 valence electrons. The molecule has 0 bridgehead atoms. The van der Waals surface area contributed by atoms with Gasteiger partial charge in [-0.1, -0.05) is 94.3 Å². The van der Waals surface area contributed by atoms with Crippen LogP contribution in [0, 0.1) is 0 Å². The van der Waals surface area contributed by atoms with E-state index < -0.39 is 11.9 Å². The predicted molar refractivity (Wildman–Crippen MR) is 176 cm³/mol. The van der Waals surface area contributed by atoms with Gasteiger partial charge >= 0.3 is 11.9 Å². The largest absolute Gasteiger partial charge is 0.423 e. The van der Waals surface area contributed by atoms with Crippen molar-refractivity contribution in [3.05, 3.63) is 93.5 Å². The van der Waals surface area contributed by atoms with E-state index >= 15 is 0 Å². The minimum Gasteiger partial charge on any atom is -0.423 e. The maximum atomic E-state index is 12.8. The third-order valence-electron chi connectivity index (χ3n) is 6.96. The number of esters is 2. The highest BCUT2D eigenvalue weighted by molar-refractivity contribution is 6.31. The summed E-state index contributed by atoms with van der Waals surface area (Å²) in [4.78, 5) is 37.7. The first-order chi connectivity index (χ1) is 21.4. The molecule has 1 amide bonds. The van der Waals surface area contributed by atoms with E-state index in [1.165, 1.54) is 75.8 Å². The van der Waals surface area contributed by atoms with E-state index in [1.54, 1.807) is 48.5 Å². The number of nitrogens with zero attached hydrogens (tertiary/aromatic N) is 1. The van der Waals surface area contributed by atoms with Gasteiger partial charge in [-0.25, -0.2) is 15.0 Å². The molecule has 44 heavy (non-hydrogen) atoms. The average molecular weight is 640 g/mol. The number of benzene rings is 3. The van der Waals surface area contributed by atoms with Crippen LogP contribution in [0.4, 0.5) is 0 Å². The highest BCUT2D eigenvalue weighted by atomic mass is 35.5. The van der Waals surface area contributed by atoms with E-state index in [-0.39, 0.29) is 23.0 Å². The van der Waals surface area contributed by atoms with Crippen LogP contribution in [0.25, 0.3) is 0 Å². The summed E-state index contributed by atoms with van der Waals surface area (Å²) >= 11 is 11.8. The normalized spacial score (nSPS) is 11.0. The van der Waals surface area contributed by atoms with Crippen LogP contribution in [0.2, 0.25) is 10.0 Å². The zero-order valence-electron chi connectivity index (χ0n) is 25.2. The number of amides is 1. The third-order valence-corrected chi connectivity index (χ3v) is 7.46. The van der Waals surface area contributed by atoms with E-state index in [1.807, 2.05) is 0 Å². The first kappa shape index (κ1) is 34.8. The summed E-state index contributed by atoms with van der Waals surface area (Å²) in [5, 5.41) is 5.03. The molecule has 3 rings (SSSR count). The van der Waals surface area contributed by atoms with Gasteiger partial charge in [0, 0.05) is 28.1 Å². The monoisotopic (exact) mass is 638 g/mol. The number of rotatable bonds is 18. The fourth-order valence-electron chi connectivity index (χ4n) is 4.45. The Morgan fingerprint density at radius 1 is 0.682 bits per heavy atom. The molecule has 0 atom stereocenters. The number of unbranched alkanes of at least 4 members (excludes halogenated alkanes) is 10. The van der Waals surface area contributed by atoms with Crippen LogP contribution in [0.1, 0.15) is 110 Å². The summed E-state index contributed by atoms with van der Waals surface area (Å²) in [6, 6.07) is 17.0. The Bertz CT molecular complexity index is 1370. The van der Waals surface area contributed by atoms with Crippen molar-refractivity contribution in [1.29, 1.82) is 0 Å². The van der Waals surface area contributed by atoms with Crippen molar-refractivity contribution in [1.82, 2.24) is 5.43 Å². The molecule has 0 unspecified atom stereocenters. The average Bonchev–Trinajstić information content (AvgIpc) is 3.01. The van der Waals surface area contributed by atoms with Crippen LogP contribution in [-0.4, -0.2) is 24.1 Å². The van der Waals surface area contributed by atoms with Crippen LogP contribution < -0.4 is 14.9 Å². The second-order valence-electron chi connectivity index (χ2n) is 10.6. The molecular weight excluding hydrogens is 599 g/mol. The van der Waals surface area contributed by atoms with Gasteiger partial charge in [-0.3, -0.25) is 4.79 Å². The van der Waals surface area contributed by atoms with Crippen LogP contribution in [0.3, 0.4) is 0 Å². The van der Waals surface area contributed by atoms with E-state index in [0.717, 1.165) is 19.3 Å². The molecule has 0 aliphatic rings. The second kappa shape index (κ2) is 19.6. The fourth-order valence-corrected chi connectivity index (χ4v) is 4.70. The molecule has 0 fully saturated rings. The van der Waals surface area contributed by atoms with Gasteiger partial charge in [0.25, 0.3) is 0 Å². The van der Waals surface area contributed by atoms with Crippen molar-refractivity contribution in [2.45, 2.75) is 84.0 Å². The standard InChI is InChI=1S/C35H40Cl2N2O5/c1-2-3-4-5-6-7-8-9-10-11-12-13-33(40)39-38-25-28-18-23-31(43-34(41)26-14-19-29(36)20-15-26)24-32(28)44-35(42)27-16-21-30(37)22-17-27/h14-25H,2-13H2,1H3,(H,39,40)/b38-25+. The number of carbonyl (C=O) groups is 3. The molecule has 0 spiro atoms. The van der Waals surface area contributed by atoms with Gasteiger partial charge in [0.1, 0.15) is 11.5 Å². The molecule has 9 heteroatoms. The minimum atomic E-state index is -0.641. The SMILES string of the molecule is CCCCCCCCCCCCCC(=O)N/N=C/c1ccc(OC(=O)c2ccc(Cl)cc2)cc1OC(=O)c1ccc(Cl)cc1. The topological polar surface area (TPSA) is 94.1 Å². The number of carbonyl (C=O) groups excluding carboxylic acids is 3. The van der Waals surface area contributed by atoms with Crippen molar-refractivity contribution in [2.24, 2.45) is 5.10 Å². The third kappa shape index (κ3) is 12.9. The molecule has 0 radical (unpaired) electrons. The van der Waals surface area contributed by atoms with Crippen molar-refractivity contribution in [3.63, 3.8) is 0 Å². The number of hydrogen-bond donors (Lipinski definition) is 1. The Hall–Kier alpha value is -3.68. The minimum absolute atomic E-state index is 0.0923. The lowest BCUT2D eigenvalue weighted by atomic mass is 10.1. The fraction of sp³-hybridized carbons (Fsp3) is 0.371. The van der Waals surface area contributed by atoms with Gasteiger partial charge in [-0.2, -0.15) is 5.10 Å². The van der Waals surface area contributed by atoms with Crippen LogP contribution >= 0.6 is 23.2 Å². The van der Waals surface area contributed by atoms with E-state index in [0.29, 0.717) is 27.6 Å². The zero-order valence-corrected chi connectivity index (χ0v) is 26.7. The highest BCUT2D eigenvalue weighted by Gasteiger charge is 2.15. The first-order valence-electron chi connectivity index (χ1n) is 15.3. The summed E-state index contributed by atoms with van der Waals surface area (Å²) in [7, 11) is 0. The van der Waals surface area contributed by atoms with Gasteiger partial charge in [-0.05, 0) is 67.1 Å². The molecule has 3 aromatic rings. The van der Waals surface area contributed by atoms with E-state index in [2.05, 4.69) is 17.5 Å². The lowest BCUT2D eigenvalue weighted by Crippen LogP contribution is -2.17. The lowest BCUT2D eigenvalue weighted by Gasteiger charge is -2.11. The maximum absolute atomic E-state index is 12.8. The predicted octanol–water partition coefficient (Wildman–Crippen LogP) is 9.58. The van der Waals surface area contributed by atoms with Crippen molar-refractivity contribution in [3.8, 4) is 11.5 Å². The van der Waals surface area contributed by atoms with Crippen LogP contribution in [-0.2, 0) is 4.79 Å². The highest BCUT2D eigenvalue weighted by Crippen LogP contribution is 2.26. The Morgan fingerprint density at radius 2 is 1.18 bits per heavy atom. The summed E-state index contributed by atoms with van der Waals surface area (Å²) < 4.78 is 11.1. The van der Waals surface area contributed by atoms with Gasteiger partial charge in [-0.15, -0.1) is 0 Å². The Kier molecular flexibility index (Phi) is 15.5. The summed E-state index contributed by atoms with van der Waals surface area (Å²) in [5.41, 5.74) is 3.52. The van der Waals surface area contributed by atoms with Gasteiger partial charge in [0.2, 0.25) is 5.91 Å². The Balaban J connectivity index is 1.54. The number of hydrazone groups is 1. The molecule has 7 nitrogen and oxygen atoms in total. The van der Waals surface area contributed by atoms with E-state index in [9.17, 15) is 14.4 Å². The molecule has 0 aliphatic heterocycles. The number of ether oxygens (including phenoxy) is 2. The summed E-state index contributed by atoms with van der Waals surface area (Å²) in [6.07, 6.45) is 15.1. The van der Waals surface area contributed by atoms with Crippen molar-refractivity contribution < 1.29 is 23.9 Å². The molecule has 3 aromatic carbocycles. The second-order valence-corrected chi connectivity index (χ2v) is 11.4. The molecule has 0 saturated heterocycles. The molecule has 0 aromatic heterocycles. The van der Waals surface area contributed by atoms with Crippen molar-refractivity contribution >= 4 is 47.3 Å². The quantitative estimate of drug-likeness (QED) is 0.0492. The first-order valence-corrected chi connectivity index (χ1v) is 16.0. The van der Waals surface area contributed by atoms with Gasteiger partial charge in [0.15, 0.2) is 0 Å². The van der Waals surface area contributed by atoms with Crippen LogP contribution in [0.15, 0.2) is 71.8 Å². The Labute approximate surface area is 269 Å². The molecule has 0 heterocycles. The molecule has 0 aliphatic carbocycles. The van der Waals surface area contributed by atoms with E-state index in [4.69, 9.17) is 32.7 Å². The number of halogens is 2. The van der Waals surface area contributed by atoms with Crippen LogP contribution in [0.5, 0.6) is 11.5 Å². The van der Waals surface area contributed by atoms with Gasteiger partial charge < -0.3 is 9.47 Å². The maximum Gasteiger partial charge on any atom is 0.343 e. The lowest BCUT2D eigenvalue weighted by molar-refractivity contribution is -0.121. The number of hydrogen-bond acceptors (Lipinski definition) is 6. The number of nitrogens with one attached hydrogen (secondary N) is 1. The molecule has 1 N–H and O–H groups in total. The Morgan fingerprint density at radius 3 is 1.73 bits per heavy atom.